The van der Waals surface area contributed by atoms with Crippen molar-refractivity contribution < 1.29 is 18.8 Å². The number of carbonyl (C=O) groups is 1. The number of rotatable bonds is 3. The van der Waals surface area contributed by atoms with Gasteiger partial charge in [-0.3, -0.25) is 20.0 Å². The largest absolute Gasteiger partial charge is 0.370 e. The van der Waals surface area contributed by atoms with Gasteiger partial charge in [0.15, 0.2) is 0 Å². The highest BCUT2D eigenvalue weighted by molar-refractivity contribution is 6.35. The quantitative estimate of drug-likeness (QED) is 0.482. The number of hydrogen-bond donors (Lipinski definition) is 1. The van der Waals surface area contributed by atoms with Crippen LogP contribution >= 0.6 is 23.2 Å². The zero-order chi connectivity index (χ0) is 19.0. The summed E-state index contributed by atoms with van der Waals surface area (Å²) in [7, 11) is 0. The van der Waals surface area contributed by atoms with Crippen LogP contribution in [0.1, 0.15) is 27.8 Å². The Morgan fingerprint density at radius 1 is 1.46 bits per heavy atom. The van der Waals surface area contributed by atoms with Crippen molar-refractivity contribution in [2.75, 3.05) is 19.7 Å². The molecule has 1 saturated heterocycles. The summed E-state index contributed by atoms with van der Waals surface area (Å²) in [5.41, 5.74) is -0.111. The van der Waals surface area contributed by atoms with E-state index in [-0.39, 0.29) is 46.8 Å². The van der Waals surface area contributed by atoms with Crippen LogP contribution in [0, 0.1) is 22.9 Å². The third kappa shape index (κ3) is 3.37. The lowest BCUT2D eigenvalue weighted by Crippen LogP contribution is -2.42. The smallest absolute Gasteiger partial charge is 0.322 e. The monoisotopic (exact) mass is 402 g/mol. The molecule has 3 rings (SSSR count). The number of nitrogens with one attached hydrogen (secondary N) is 1. The Hall–Kier alpha value is -2.23. The number of nitrogens with zero attached hydrogens (tertiary/aromatic N) is 3. The van der Waals surface area contributed by atoms with E-state index in [1.165, 1.54) is 17.9 Å². The molecule has 1 fully saturated rings. The summed E-state index contributed by atoms with van der Waals surface area (Å²) in [6.45, 7) is 1.88. The highest BCUT2D eigenvalue weighted by atomic mass is 35.5. The van der Waals surface area contributed by atoms with Crippen molar-refractivity contribution in [3.05, 3.63) is 55.1 Å². The molecule has 1 aromatic carbocycles. The van der Waals surface area contributed by atoms with Gasteiger partial charge < -0.3 is 9.64 Å². The molecular formula is C15H13Cl2FN4O4. The maximum atomic E-state index is 13.8. The zero-order valence-electron chi connectivity index (χ0n) is 13.5. The van der Waals surface area contributed by atoms with Crippen molar-refractivity contribution in [1.82, 2.24) is 15.1 Å². The van der Waals surface area contributed by atoms with Crippen molar-refractivity contribution >= 4 is 34.8 Å². The summed E-state index contributed by atoms with van der Waals surface area (Å²) >= 11 is 11.8. The highest BCUT2D eigenvalue weighted by Gasteiger charge is 2.34. The van der Waals surface area contributed by atoms with E-state index in [1.807, 2.05) is 0 Å². The fraction of sp³-hybridized carbons (Fsp3) is 0.333. The highest BCUT2D eigenvalue weighted by Crippen LogP contribution is 2.33. The Morgan fingerprint density at radius 2 is 2.19 bits per heavy atom. The number of ether oxygens (including phenoxy) is 1. The summed E-state index contributed by atoms with van der Waals surface area (Å²) in [6, 6.07) is 2.42. The lowest BCUT2D eigenvalue weighted by Gasteiger charge is -2.33. The van der Waals surface area contributed by atoms with Gasteiger partial charge in [0.25, 0.3) is 5.91 Å². The number of aromatic amines is 1. The van der Waals surface area contributed by atoms with E-state index in [1.54, 1.807) is 0 Å². The van der Waals surface area contributed by atoms with Gasteiger partial charge in [0.2, 0.25) is 5.69 Å². The Kier molecular flexibility index (Phi) is 5.12. The molecule has 1 unspecified atom stereocenters. The second-order valence-corrected chi connectivity index (χ2v) is 6.52. The Bertz CT molecular complexity index is 889. The molecule has 8 nitrogen and oxygen atoms in total. The number of benzene rings is 1. The summed E-state index contributed by atoms with van der Waals surface area (Å²) in [5, 5.41) is 17.5. The number of aryl methyl sites for hydroxylation is 1. The van der Waals surface area contributed by atoms with Gasteiger partial charge in [-0.1, -0.05) is 23.2 Å². The minimum atomic E-state index is -0.689. The minimum absolute atomic E-state index is 0.0443. The van der Waals surface area contributed by atoms with Crippen LogP contribution in [0.2, 0.25) is 10.0 Å². The SMILES string of the molecule is Cc1[nH]nc(C(=O)N2CCOC(c3cc(F)c(Cl)cc3Cl)C2)c1[N+](=O)[O-]. The lowest BCUT2D eigenvalue weighted by atomic mass is 10.1. The number of carbonyl (C=O) groups excluding carboxylic acids is 1. The molecule has 1 aromatic heterocycles. The fourth-order valence-electron chi connectivity index (χ4n) is 2.75. The van der Waals surface area contributed by atoms with E-state index in [0.717, 1.165) is 6.07 Å². The van der Waals surface area contributed by atoms with Gasteiger partial charge in [-0.05, 0) is 19.1 Å². The maximum Gasteiger partial charge on any atom is 0.322 e. The molecule has 1 amide bonds. The molecule has 26 heavy (non-hydrogen) atoms. The maximum absolute atomic E-state index is 13.8. The molecule has 1 atom stereocenters. The average molecular weight is 403 g/mol. The van der Waals surface area contributed by atoms with Gasteiger partial charge in [-0.2, -0.15) is 5.10 Å². The van der Waals surface area contributed by atoms with E-state index < -0.39 is 22.8 Å². The third-order valence-corrected chi connectivity index (χ3v) is 4.66. The molecule has 0 radical (unpaired) electrons. The standard InChI is InChI=1S/C15H13Cl2FN4O4/c1-7-14(22(24)25)13(20-19-7)15(23)21-2-3-26-12(6-21)8-4-11(18)10(17)5-9(8)16/h4-5,12H,2-3,6H2,1H3,(H,19,20). The molecule has 2 aromatic rings. The van der Waals surface area contributed by atoms with Crippen LogP contribution in [0.25, 0.3) is 0 Å². The summed E-state index contributed by atoms with van der Waals surface area (Å²) in [6.07, 6.45) is -0.689. The molecule has 0 saturated carbocycles. The first-order valence-electron chi connectivity index (χ1n) is 7.54. The van der Waals surface area contributed by atoms with Crippen LogP contribution in [0.4, 0.5) is 10.1 Å². The predicted octanol–water partition coefficient (Wildman–Crippen LogP) is 3.29. The van der Waals surface area contributed by atoms with Crippen molar-refractivity contribution in [3.63, 3.8) is 0 Å². The zero-order valence-corrected chi connectivity index (χ0v) is 15.0. The van der Waals surface area contributed by atoms with Gasteiger partial charge in [-0.15, -0.1) is 0 Å². The molecule has 2 heterocycles. The number of amides is 1. The molecule has 0 bridgehead atoms. The number of aromatic nitrogens is 2. The number of nitro groups is 1. The predicted molar refractivity (Wildman–Crippen MR) is 91.0 cm³/mol. The summed E-state index contributed by atoms with van der Waals surface area (Å²) in [4.78, 5) is 24.5. The Morgan fingerprint density at radius 3 is 2.88 bits per heavy atom. The van der Waals surface area contributed by atoms with Gasteiger partial charge in [-0.25, -0.2) is 4.39 Å². The molecule has 0 spiro atoms. The van der Waals surface area contributed by atoms with Crippen LogP contribution < -0.4 is 0 Å². The number of hydrogen-bond acceptors (Lipinski definition) is 5. The first kappa shape index (κ1) is 18.6. The lowest BCUT2D eigenvalue weighted by molar-refractivity contribution is -0.385. The molecule has 0 aliphatic carbocycles. The van der Waals surface area contributed by atoms with Crippen LogP contribution in [-0.4, -0.2) is 45.6 Å². The molecular weight excluding hydrogens is 390 g/mol. The average Bonchev–Trinajstić information content (AvgIpc) is 2.99. The van der Waals surface area contributed by atoms with Crippen molar-refractivity contribution in [1.29, 1.82) is 0 Å². The van der Waals surface area contributed by atoms with Crippen molar-refractivity contribution in [2.24, 2.45) is 0 Å². The van der Waals surface area contributed by atoms with Gasteiger partial charge in [0.05, 0.1) is 23.1 Å². The van der Waals surface area contributed by atoms with E-state index in [9.17, 15) is 19.3 Å². The first-order valence-corrected chi connectivity index (χ1v) is 8.30. The van der Waals surface area contributed by atoms with Crippen LogP contribution in [-0.2, 0) is 4.74 Å². The number of halogens is 3. The van der Waals surface area contributed by atoms with Gasteiger partial charge in [0, 0.05) is 17.1 Å². The topological polar surface area (TPSA) is 101 Å². The van der Waals surface area contributed by atoms with Gasteiger partial charge in [0.1, 0.15) is 17.6 Å². The van der Waals surface area contributed by atoms with Crippen LogP contribution in [0.5, 0.6) is 0 Å². The van der Waals surface area contributed by atoms with E-state index in [2.05, 4.69) is 10.2 Å². The van der Waals surface area contributed by atoms with Crippen molar-refractivity contribution in [3.8, 4) is 0 Å². The minimum Gasteiger partial charge on any atom is -0.370 e. The van der Waals surface area contributed by atoms with E-state index in [0.29, 0.717) is 5.56 Å². The first-order chi connectivity index (χ1) is 12.3. The molecule has 1 N–H and O–H groups in total. The van der Waals surface area contributed by atoms with Crippen molar-refractivity contribution in [2.45, 2.75) is 13.0 Å². The second-order valence-electron chi connectivity index (χ2n) is 5.70. The van der Waals surface area contributed by atoms with E-state index in [4.69, 9.17) is 27.9 Å². The van der Waals surface area contributed by atoms with Crippen LogP contribution in [0.15, 0.2) is 12.1 Å². The molecule has 138 valence electrons. The number of H-pyrrole nitrogens is 1. The Balaban J connectivity index is 1.86. The van der Waals surface area contributed by atoms with E-state index >= 15 is 0 Å². The normalized spacial score (nSPS) is 17.4. The fourth-order valence-corrected chi connectivity index (χ4v) is 3.26. The molecule has 1 aliphatic rings. The summed E-state index contributed by atoms with van der Waals surface area (Å²) < 4.78 is 19.4. The van der Waals surface area contributed by atoms with Crippen LogP contribution in [0.3, 0.4) is 0 Å². The Labute approximate surface area is 157 Å². The van der Waals surface area contributed by atoms with Gasteiger partial charge >= 0.3 is 5.69 Å². The summed E-state index contributed by atoms with van der Waals surface area (Å²) in [5.74, 6) is -1.27. The molecule has 11 heteroatoms. The number of morpholine rings is 1. The second kappa shape index (κ2) is 7.18. The third-order valence-electron chi connectivity index (χ3n) is 4.04. The molecule has 1 aliphatic heterocycles.